The van der Waals surface area contributed by atoms with Crippen LogP contribution in [0.25, 0.3) is 17.1 Å². The summed E-state index contributed by atoms with van der Waals surface area (Å²) in [6.45, 7) is 7.05. The van der Waals surface area contributed by atoms with Crippen LogP contribution in [-0.4, -0.2) is 61.3 Å². The summed E-state index contributed by atoms with van der Waals surface area (Å²) in [7, 11) is 0. The molecule has 0 unspecified atom stereocenters. The van der Waals surface area contributed by atoms with Gasteiger partial charge in [0.25, 0.3) is 0 Å². The Morgan fingerprint density at radius 2 is 1.82 bits per heavy atom. The highest BCUT2D eigenvalue weighted by molar-refractivity contribution is 6.33. The first-order valence-electron chi connectivity index (χ1n) is 11.5. The second-order valence-corrected chi connectivity index (χ2v) is 8.75. The van der Waals surface area contributed by atoms with E-state index in [1.165, 1.54) is 27.6 Å². The first kappa shape index (κ1) is 23.9. The molecule has 0 spiro atoms. The van der Waals surface area contributed by atoms with Crippen molar-refractivity contribution in [2.75, 3.05) is 26.2 Å². The fraction of sp³-hybridized carbons (Fsp3) is 0.417. The maximum atomic E-state index is 13.5. The molecule has 2 aromatic heterocycles. The van der Waals surface area contributed by atoms with Crippen molar-refractivity contribution in [2.45, 2.75) is 33.2 Å². The van der Waals surface area contributed by atoms with E-state index in [0.29, 0.717) is 54.8 Å². The largest absolute Gasteiger partial charge is 0.350 e. The van der Waals surface area contributed by atoms with E-state index in [1.54, 1.807) is 24.4 Å². The van der Waals surface area contributed by atoms with Gasteiger partial charge in [0.05, 0.1) is 10.7 Å². The molecule has 34 heavy (non-hydrogen) atoms. The zero-order valence-electron chi connectivity index (χ0n) is 19.3. The van der Waals surface area contributed by atoms with Crippen molar-refractivity contribution in [3.63, 3.8) is 0 Å². The Morgan fingerprint density at radius 1 is 1.15 bits per heavy atom. The van der Waals surface area contributed by atoms with Crippen LogP contribution in [0, 0.1) is 11.7 Å². The highest BCUT2D eigenvalue weighted by atomic mass is 35.5. The Kier molecular flexibility index (Phi) is 7.31. The fourth-order valence-corrected chi connectivity index (χ4v) is 4.53. The summed E-state index contributed by atoms with van der Waals surface area (Å²) in [6.07, 6.45) is 4.66. The second kappa shape index (κ2) is 10.4. The van der Waals surface area contributed by atoms with Crippen molar-refractivity contribution < 1.29 is 9.18 Å². The van der Waals surface area contributed by atoms with Crippen LogP contribution in [0.15, 0.2) is 47.5 Å². The molecule has 1 saturated heterocycles. The standard InChI is InChI=1S/C24H28ClFN6O2/c1-3-29(4-2)23(33)30-13-10-17(11-14-30)16-31-24(34)32(19-7-5-18(26)6-8-19)22(28-31)20-9-12-27-15-21(20)25/h5-9,12,15,17H,3-4,10-11,13-14,16H2,1-2H3. The third kappa shape index (κ3) is 4.84. The van der Waals surface area contributed by atoms with Crippen LogP contribution in [0.2, 0.25) is 5.02 Å². The van der Waals surface area contributed by atoms with E-state index in [4.69, 9.17) is 11.6 Å². The van der Waals surface area contributed by atoms with Gasteiger partial charge in [0.15, 0.2) is 5.82 Å². The van der Waals surface area contributed by atoms with Gasteiger partial charge in [0.1, 0.15) is 5.82 Å². The predicted octanol–water partition coefficient (Wildman–Crippen LogP) is 4.06. The molecule has 0 atom stereocenters. The minimum Gasteiger partial charge on any atom is -0.325 e. The first-order valence-corrected chi connectivity index (χ1v) is 11.9. The number of aromatic nitrogens is 4. The van der Waals surface area contributed by atoms with Crippen LogP contribution in [-0.2, 0) is 6.54 Å². The SMILES string of the molecule is CCN(CC)C(=O)N1CCC(Cn2nc(-c3ccncc3Cl)n(-c3ccc(F)cc3)c2=O)CC1. The fourth-order valence-electron chi connectivity index (χ4n) is 4.33. The third-order valence-corrected chi connectivity index (χ3v) is 6.59. The maximum absolute atomic E-state index is 13.5. The Bertz CT molecular complexity index is 1200. The van der Waals surface area contributed by atoms with E-state index < -0.39 is 5.82 Å². The third-order valence-electron chi connectivity index (χ3n) is 6.29. The van der Waals surface area contributed by atoms with Crippen LogP contribution in [0.1, 0.15) is 26.7 Å². The molecular weight excluding hydrogens is 459 g/mol. The number of pyridine rings is 1. The van der Waals surface area contributed by atoms with Crippen molar-refractivity contribution in [1.82, 2.24) is 29.1 Å². The molecule has 8 nitrogen and oxygen atoms in total. The van der Waals surface area contributed by atoms with E-state index in [-0.39, 0.29) is 17.6 Å². The summed E-state index contributed by atoms with van der Waals surface area (Å²) < 4.78 is 16.4. The van der Waals surface area contributed by atoms with E-state index in [2.05, 4.69) is 10.1 Å². The molecule has 0 saturated carbocycles. The predicted molar refractivity (Wildman–Crippen MR) is 129 cm³/mol. The molecule has 1 fully saturated rings. The number of hydrogen-bond donors (Lipinski definition) is 0. The summed E-state index contributed by atoms with van der Waals surface area (Å²) in [6, 6.07) is 7.46. The quantitative estimate of drug-likeness (QED) is 0.526. The van der Waals surface area contributed by atoms with Crippen molar-refractivity contribution in [2.24, 2.45) is 5.92 Å². The number of carbonyl (C=O) groups excluding carboxylic acids is 1. The van der Waals surface area contributed by atoms with Gasteiger partial charge in [-0.1, -0.05) is 11.6 Å². The summed E-state index contributed by atoms with van der Waals surface area (Å²) in [4.78, 5) is 33.8. The van der Waals surface area contributed by atoms with Gasteiger partial charge in [-0.2, -0.15) is 0 Å². The van der Waals surface area contributed by atoms with E-state index in [9.17, 15) is 14.0 Å². The molecule has 0 radical (unpaired) electrons. The summed E-state index contributed by atoms with van der Waals surface area (Å²) in [5, 5.41) is 4.98. The van der Waals surface area contributed by atoms with Gasteiger partial charge in [-0.15, -0.1) is 5.10 Å². The summed E-state index contributed by atoms with van der Waals surface area (Å²) in [5.41, 5.74) is 0.743. The van der Waals surface area contributed by atoms with Crippen LogP contribution in [0.3, 0.4) is 0 Å². The molecule has 0 aliphatic carbocycles. The van der Waals surface area contributed by atoms with Crippen LogP contribution in [0.5, 0.6) is 0 Å². The molecule has 1 aliphatic rings. The molecule has 3 aromatic rings. The molecular formula is C24H28ClFN6O2. The number of nitrogens with zero attached hydrogens (tertiary/aromatic N) is 6. The number of benzene rings is 1. The van der Waals surface area contributed by atoms with Gasteiger partial charge in [0, 0.05) is 50.7 Å². The van der Waals surface area contributed by atoms with Crippen LogP contribution in [0.4, 0.5) is 9.18 Å². The van der Waals surface area contributed by atoms with Crippen LogP contribution >= 0.6 is 11.6 Å². The Hall–Kier alpha value is -3.20. The molecule has 10 heteroatoms. The number of amides is 2. The van der Waals surface area contributed by atoms with Gasteiger partial charge in [-0.05, 0) is 62.9 Å². The normalized spacial score (nSPS) is 14.4. The van der Waals surface area contributed by atoms with Gasteiger partial charge in [-0.3, -0.25) is 4.98 Å². The molecule has 180 valence electrons. The first-order chi connectivity index (χ1) is 16.4. The average molecular weight is 487 g/mol. The lowest BCUT2D eigenvalue weighted by molar-refractivity contribution is 0.132. The highest BCUT2D eigenvalue weighted by Crippen LogP contribution is 2.27. The molecule has 0 N–H and O–H groups in total. The summed E-state index contributed by atoms with van der Waals surface area (Å²) in [5.74, 6) is 0.188. The van der Waals surface area contributed by atoms with Gasteiger partial charge in [0.2, 0.25) is 0 Å². The molecule has 4 rings (SSSR count). The number of hydrogen-bond acceptors (Lipinski definition) is 4. The topological polar surface area (TPSA) is 76.3 Å². The smallest absolute Gasteiger partial charge is 0.325 e. The number of carbonyl (C=O) groups is 1. The summed E-state index contributed by atoms with van der Waals surface area (Å²) >= 11 is 6.36. The lowest BCUT2D eigenvalue weighted by atomic mass is 9.97. The number of likely N-dealkylation sites (tertiary alicyclic amines) is 1. The number of halogens is 2. The van der Waals surface area contributed by atoms with Crippen molar-refractivity contribution in [3.05, 3.63) is 64.0 Å². The Balaban J connectivity index is 1.60. The monoisotopic (exact) mass is 486 g/mol. The van der Waals surface area contributed by atoms with Crippen molar-refractivity contribution in [3.8, 4) is 17.1 Å². The van der Waals surface area contributed by atoms with Gasteiger partial charge in [-0.25, -0.2) is 23.2 Å². The molecule has 0 bridgehead atoms. The minimum atomic E-state index is -0.390. The van der Waals surface area contributed by atoms with Gasteiger partial charge < -0.3 is 9.80 Å². The number of urea groups is 1. The molecule has 2 amide bonds. The lowest BCUT2D eigenvalue weighted by Gasteiger charge is -2.35. The van der Waals surface area contributed by atoms with Crippen molar-refractivity contribution in [1.29, 1.82) is 0 Å². The minimum absolute atomic E-state index is 0.0656. The molecule has 1 aromatic carbocycles. The lowest BCUT2D eigenvalue weighted by Crippen LogP contribution is -2.47. The Morgan fingerprint density at radius 3 is 2.44 bits per heavy atom. The average Bonchev–Trinajstić information content (AvgIpc) is 3.16. The van der Waals surface area contributed by atoms with Crippen molar-refractivity contribution >= 4 is 17.6 Å². The van der Waals surface area contributed by atoms with E-state index >= 15 is 0 Å². The highest BCUT2D eigenvalue weighted by Gasteiger charge is 2.27. The number of piperidine rings is 1. The van der Waals surface area contributed by atoms with Crippen LogP contribution < -0.4 is 5.69 Å². The zero-order valence-corrected chi connectivity index (χ0v) is 20.1. The molecule has 1 aliphatic heterocycles. The van der Waals surface area contributed by atoms with Gasteiger partial charge >= 0.3 is 11.7 Å². The maximum Gasteiger partial charge on any atom is 0.350 e. The van der Waals surface area contributed by atoms with E-state index in [1.807, 2.05) is 23.6 Å². The zero-order chi connectivity index (χ0) is 24.2. The van der Waals surface area contributed by atoms with E-state index in [0.717, 1.165) is 12.8 Å². The Labute approximate surface area is 202 Å². The number of rotatable bonds is 6. The molecule has 3 heterocycles. The second-order valence-electron chi connectivity index (χ2n) is 8.34.